The molecule has 0 radical (unpaired) electrons. The lowest BCUT2D eigenvalue weighted by molar-refractivity contribution is -0.870. The second-order valence-electron chi connectivity index (χ2n) is 28.0. The molecule has 94 heavy (non-hydrogen) atoms. The molecule has 0 amide bonds. The molecule has 0 saturated heterocycles. The van der Waals surface area contributed by atoms with E-state index in [0.717, 1.165) is 83.5 Å². The lowest BCUT2D eigenvalue weighted by Gasteiger charge is -2.28. The summed E-state index contributed by atoms with van der Waals surface area (Å²) in [6.45, 7) is 4.17. The summed E-state index contributed by atoms with van der Waals surface area (Å²) in [5.74, 6) is -0.816. The fraction of sp³-hybridized carbons (Fsp3) is 0.786. The van der Waals surface area contributed by atoms with Crippen molar-refractivity contribution < 1.29 is 42.1 Å². The smallest absolute Gasteiger partial charge is 0.306 e. The Morgan fingerprint density at radius 3 is 0.904 bits per heavy atom. The quantitative estimate of drug-likeness (QED) is 0.0195. The Kier molecular flexibility index (Phi) is 71.7. The Morgan fingerprint density at radius 1 is 0.340 bits per heavy atom. The van der Waals surface area contributed by atoms with E-state index in [-0.39, 0.29) is 32.0 Å². The molecule has 0 fully saturated rings. The first-order chi connectivity index (χ1) is 46.0. The SMILES string of the molecule is CC/C=C\C/C=C\C/C=C\C/C=C\C/C=C\CCCCCCCCCCCCCCCCCCCCCCCC(=O)OC(COC(=O)CCCCCCCCCCCCCCCCCCCC/C=C\C/C=C\C/C=C\CCCCCCC)COP(=O)([O-])OCC[N+](C)(C)C. The van der Waals surface area contributed by atoms with E-state index in [1.807, 2.05) is 21.1 Å². The zero-order chi connectivity index (χ0) is 68.3. The van der Waals surface area contributed by atoms with Crippen LogP contribution in [0.2, 0.25) is 0 Å². The second kappa shape index (κ2) is 74.2. The average Bonchev–Trinajstić information content (AvgIpc) is 1.56. The third-order valence-electron chi connectivity index (χ3n) is 17.6. The van der Waals surface area contributed by atoms with E-state index in [4.69, 9.17) is 18.5 Å². The monoisotopic (exact) mass is 1330 g/mol. The number of esters is 2. The summed E-state index contributed by atoms with van der Waals surface area (Å²) < 4.78 is 34.4. The molecule has 0 aliphatic heterocycles. The predicted molar refractivity (Wildman–Crippen MR) is 406 cm³/mol. The molecular weight excluding hydrogens is 1180 g/mol. The van der Waals surface area contributed by atoms with Gasteiger partial charge in [-0.2, -0.15) is 0 Å². The van der Waals surface area contributed by atoms with Gasteiger partial charge in [-0.15, -0.1) is 0 Å². The Labute approximate surface area is 583 Å². The van der Waals surface area contributed by atoms with Gasteiger partial charge in [-0.3, -0.25) is 14.2 Å². The standard InChI is InChI=1S/C84H152NO8P/c1-6-8-10-12-14-16-18-20-22-24-26-28-30-32-34-36-38-40-41-42-43-45-47-49-51-53-55-57-59-61-63-65-67-69-71-73-75-77-84(87)93-82(81-92-94(88,89)91-79-78-85(3,4)5)80-90-83(86)76-74-72-70-68-66-64-62-60-58-56-54-52-50-48-46-44-39-37-35-33-31-29-27-25-23-21-19-17-15-13-11-9-7-2/h8,10,14,16,19-22,25-28,31-34,82H,6-7,9,11-13,15,17-18,23-24,29-30,35-81H2,1-5H3/b10-8-,16-14-,21-19-,22-20-,27-25-,28-26-,33-31-,34-32-. The molecule has 0 aromatic rings. The molecular formula is C84H152NO8P. The van der Waals surface area contributed by atoms with Gasteiger partial charge < -0.3 is 27.9 Å². The topological polar surface area (TPSA) is 111 Å². The largest absolute Gasteiger partial charge is 0.756 e. The first-order valence-electron chi connectivity index (χ1n) is 39.9. The maximum absolute atomic E-state index is 12.9. The third kappa shape index (κ3) is 77.9. The minimum absolute atomic E-state index is 0.0308. The Bertz CT molecular complexity index is 1910. The van der Waals surface area contributed by atoms with Crippen molar-refractivity contribution in [2.45, 2.75) is 380 Å². The fourth-order valence-electron chi connectivity index (χ4n) is 11.5. The van der Waals surface area contributed by atoms with Crippen LogP contribution >= 0.6 is 7.82 Å². The first kappa shape index (κ1) is 90.9. The summed E-state index contributed by atoms with van der Waals surface area (Å²) in [7, 11) is 1.18. The van der Waals surface area contributed by atoms with Crippen molar-refractivity contribution in [2.75, 3.05) is 47.5 Å². The molecule has 0 aromatic heterocycles. The normalized spacial score (nSPS) is 13.6. The molecule has 10 heteroatoms. The van der Waals surface area contributed by atoms with Crippen LogP contribution in [0.3, 0.4) is 0 Å². The van der Waals surface area contributed by atoms with Gasteiger partial charge in [0.1, 0.15) is 19.8 Å². The van der Waals surface area contributed by atoms with Gasteiger partial charge in [0.05, 0.1) is 27.7 Å². The Hall–Kier alpha value is -3.07. The van der Waals surface area contributed by atoms with Crippen LogP contribution in [0.1, 0.15) is 373 Å². The van der Waals surface area contributed by atoms with Crippen molar-refractivity contribution in [3.05, 3.63) is 97.2 Å². The highest BCUT2D eigenvalue weighted by Crippen LogP contribution is 2.38. The highest BCUT2D eigenvalue weighted by atomic mass is 31.2. The molecule has 0 aromatic carbocycles. The zero-order valence-corrected chi connectivity index (χ0v) is 63.3. The van der Waals surface area contributed by atoms with Crippen LogP contribution in [0.25, 0.3) is 0 Å². The minimum atomic E-state index is -4.65. The van der Waals surface area contributed by atoms with Gasteiger partial charge in [0.2, 0.25) is 0 Å². The van der Waals surface area contributed by atoms with E-state index >= 15 is 0 Å². The van der Waals surface area contributed by atoms with Crippen LogP contribution in [0.15, 0.2) is 97.2 Å². The molecule has 546 valence electrons. The molecule has 0 rings (SSSR count). The van der Waals surface area contributed by atoms with Crippen LogP contribution < -0.4 is 4.89 Å². The highest BCUT2D eigenvalue weighted by Gasteiger charge is 2.22. The first-order valence-corrected chi connectivity index (χ1v) is 41.4. The maximum Gasteiger partial charge on any atom is 0.306 e. The summed E-state index contributed by atoms with van der Waals surface area (Å²) in [6.07, 6.45) is 104. The number of quaternary nitrogens is 1. The van der Waals surface area contributed by atoms with Gasteiger partial charge in [0.25, 0.3) is 7.82 Å². The van der Waals surface area contributed by atoms with Crippen LogP contribution in [0.5, 0.6) is 0 Å². The number of phosphoric acid groups is 1. The van der Waals surface area contributed by atoms with Crippen molar-refractivity contribution in [2.24, 2.45) is 0 Å². The number of unbranched alkanes of at least 4 members (excludes halogenated alkanes) is 44. The van der Waals surface area contributed by atoms with Crippen LogP contribution in [-0.4, -0.2) is 70.0 Å². The molecule has 0 aliphatic carbocycles. The third-order valence-corrected chi connectivity index (χ3v) is 18.6. The number of allylic oxidation sites excluding steroid dienone is 16. The van der Waals surface area contributed by atoms with Gasteiger partial charge >= 0.3 is 11.9 Å². The molecule has 2 unspecified atom stereocenters. The lowest BCUT2D eigenvalue weighted by Crippen LogP contribution is -2.37. The minimum Gasteiger partial charge on any atom is -0.756 e. The number of hydrogen-bond donors (Lipinski definition) is 0. The molecule has 0 N–H and O–H groups in total. The van der Waals surface area contributed by atoms with E-state index in [1.165, 1.54) is 257 Å². The zero-order valence-electron chi connectivity index (χ0n) is 62.4. The Morgan fingerprint density at radius 2 is 0.606 bits per heavy atom. The predicted octanol–water partition coefficient (Wildman–Crippen LogP) is 26.0. The van der Waals surface area contributed by atoms with Crippen LogP contribution in [0.4, 0.5) is 0 Å². The molecule has 0 bridgehead atoms. The van der Waals surface area contributed by atoms with Crippen molar-refractivity contribution in [3.8, 4) is 0 Å². The lowest BCUT2D eigenvalue weighted by atomic mass is 10.0. The summed E-state index contributed by atoms with van der Waals surface area (Å²) in [5, 5.41) is 0. The van der Waals surface area contributed by atoms with Crippen molar-refractivity contribution in [3.63, 3.8) is 0 Å². The second-order valence-corrected chi connectivity index (χ2v) is 29.5. The van der Waals surface area contributed by atoms with Gasteiger partial charge in [0, 0.05) is 12.8 Å². The van der Waals surface area contributed by atoms with E-state index < -0.39 is 26.5 Å². The van der Waals surface area contributed by atoms with E-state index in [2.05, 4.69) is 111 Å². The maximum atomic E-state index is 12.9. The molecule has 0 heterocycles. The number of hydrogen-bond acceptors (Lipinski definition) is 8. The summed E-state index contributed by atoms with van der Waals surface area (Å²) in [6, 6.07) is 0. The molecule has 0 spiro atoms. The number of nitrogens with zero attached hydrogens (tertiary/aromatic N) is 1. The summed E-state index contributed by atoms with van der Waals surface area (Å²) in [5.41, 5.74) is 0. The van der Waals surface area contributed by atoms with E-state index in [0.29, 0.717) is 17.4 Å². The molecule has 2 atom stereocenters. The van der Waals surface area contributed by atoms with Gasteiger partial charge in [-0.25, -0.2) is 0 Å². The van der Waals surface area contributed by atoms with Gasteiger partial charge in [0.15, 0.2) is 6.10 Å². The van der Waals surface area contributed by atoms with E-state index in [1.54, 1.807) is 0 Å². The summed E-state index contributed by atoms with van der Waals surface area (Å²) in [4.78, 5) is 38.2. The fourth-order valence-corrected chi connectivity index (χ4v) is 12.2. The number of carbonyl (C=O) groups excluding carboxylic acids is 2. The van der Waals surface area contributed by atoms with Crippen molar-refractivity contribution in [1.82, 2.24) is 0 Å². The Balaban J connectivity index is 3.94. The van der Waals surface area contributed by atoms with Crippen molar-refractivity contribution >= 4 is 19.8 Å². The molecule has 0 saturated carbocycles. The van der Waals surface area contributed by atoms with Gasteiger partial charge in [-0.1, -0.05) is 361 Å². The van der Waals surface area contributed by atoms with Crippen molar-refractivity contribution in [1.29, 1.82) is 0 Å². The van der Waals surface area contributed by atoms with Crippen LogP contribution in [-0.2, 0) is 32.7 Å². The van der Waals surface area contributed by atoms with Crippen LogP contribution in [0, 0.1) is 0 Å². The van der Waals surface area contributed by atoms with Gasteiger partial charge in [-0.05, 0) is 96.3 Å². The summed E-state index contributed by atoms with van der Waals surface area (Å²) >= 11 is 0. The highest BCUT2D eigenvalue weighted by molar-refractivity contribution is 7.45. The average molecular weight is 1340 g/mol. The number of carbonyl (C=O) groups is 2. The van der Waals surface area contributed by atoms with E-state index in [9.17, 15) is 19.0 Å². The number of likely N-dealkylation sites (N-methyl/N-ethyl adjacent to an activating group) is 1. The molecule has 9 nitrogen and oxygen atoms in total. The number of phosphoric ester groups is 1. The number of ether oxygens (including phenoxy) is 2. The molecule has 0 aliphatic rings. The number of rotatable bonds is 74.